The quantitative estimate of drug-likeness (QED) is 0.775. The number of rotatable bonds is 4. The first kappa shape index (κ1) is 17.5. The normalized spacial score (nSPS) is 17.9. The lowest BCUT2D eigenvalue weighted by Crippen LogP contribution is -2.47. The van der Waals surface area contributed by atoms with Crippen LogP contribution in [-0.2, 0) is 16.0 Å². The summed E-state index contributed by atoms with van der Waals surface area (Å²) in [7, 11) is 0. The Bertz CT molecular complexity index is 507. The van der Waals surface area contributed by atoms with Gasteiger partial charge < -0.3 is 16.0 Å². The molecule has 2 rings (SSSR count). The van der Waals surface area contributed by atoms with Crippen LogP contribution in [-0.4, -0.2) is 30.9 Å². The van der Waals surface area contributed by atoms with Crippen LogP contribution in [0.2, 0.25) is 0 Å². The Balaban J connectivity index is 0.00000220. The Kier molecular flexibility index (Phi) is 6.65. The molecule has 0 saturated heterocycles. The second-order valence-corrected chi connectivity index (χ2v) is 5.12. The van der Waals surface area contributed by atoms with Crippen molar-refractivity contribution in [1.82, 2.24) is 16.0 Å². The molecule has 2 unspecified atom stereocenters. The Hall–Kier alpha value is -1.59. The molecule has 1 aliphatic rings. The average molecular weight is 312 g/mol. The molecule has 0 radical (unpaired) electrons. The van der Waals surface area contributed by atoms with Gasteiger partial charge in [0.25, 0.3) is 0 Å². The third-order valence-corrected chi connectivity index (χ3v) is 3.51. The molecule has 2 atom stereocenters. The number of hydrogen-bond donors (Lipinski definition) is 3. The Labute approximate surface area is 131 Å². The monoisotopic (exact) mass is 311 g/mol. The van der Waals surface area contributed by atoms with Crippen LogP contribution in [0.3, 0.4) is 0 Å². The van der Waals surface area contributed by atoms with Gasteiger partial charge >= 0.3 is 0 Å². The van der Waals surface area contributed by atoms with E-state index < -0.39 is 6.04 Å². The summed E-state index contributed by atoms with van der Waals surface area (Å²) in [5.74, 6) is -0.362. The number of nitrogens with one attached hydrogen (secondary N) is 3. The third-order valence-electron chi connectivity index (χ3n) is 3.51. The van der Waals surface area contributed by atoms with Crippen LogP contribution < -0.4 is 16.0 Å². The van der Waals surface area contributed by atoms with Gasteiger partial charge in [0.05, 0.1) is 0 Å². The number of amides is 2. The molecule has 1 aromatic rings. The Morgan fingerprint density at radius 2 is 2.10 bits per heavy atom. The van der Waals surface area contributed by atoms with Crippen LogP contribution in [0.4, 0.5) is 0 Å². The summed E-state index contributed by atoms with van der Waals surface area (Å²) < 4.78 is 0. The number of benzene rings is 1. The lowest BCUT2D eigenvalue weighted by Gasteiger charge is -2.27. The van der Waals surface area contributed by atoms with E-state index in [9.17, 15) is 9.59 Å². The van der Waals surface area contributed by atoms with Crippen LogP contribution in [0.25, 0.3) is 0 Å². The predicted octanol–water partition coefficient (Wildman–Crippen LogP) is 0.936. The second-order valence-electron chi connectivity index (χ2n) is 5.12. The third kappa shape index (κ3) is 4.72. The van der Waals surface area contributed by atoms with Gasteiger partial charge in [-0.05, 0) is 31.0 Å². The van der Waals surface area contributed by atoms with Crippen molar-refractivity contribution in [3.05, 3.63) is 35.4 Å². The zero-order chi connectivity index (χ0) is 14.5. The van der Waals surface area contributed by atoms with Gasteiger partial charge in [-0.2, -0.15) is 0 Å². The molecule has 2 amide bonds. The van der Waals surface area contributed by atoms with Crippen molar-refractivity contribution in [2.24, 2.45) is 0 Å². The number of halogens is 1. The highest BCUT2D eigenvalue weighted by atomic mass is 35.5. The van der Waals surface area contributed by atoms with Crippen molar-refractivity contribution in [3.63, 3.8) is 0 Å². The molecule has 0 aromatic heterocycles. The number of carbonyl (C=O) groups is 2. The van der Waals surface area contributed by atoms with Gasteiger partial charge in [0, 0.05) is 19.5 Å². The first-order chi connectivity index (χ1) is 9.58. The molecule has 3 N–H and O–H groups in total. The highest BCUT2D eigenvalue weighted by Crippen LogP contribution is 2.21. The summed E-state index contributed by atoms with van der Waals surface area (Å²) in [5.41, 5.74) is 2.58. The highest BCUT2D eigenvalue weighted by molar-refractivity contribution is 5.86. The fraction of sp³-hybridized carbons (Fsp3) is 0.467. The summed E-state index contributed by atoms with van der Waals surface area (Å²) in [4.78, 5) is 22.8. The smallest absolute Gasteiger partial charge is 0.242 e. The van der Waals surface area contributed by atoms with Crippen molar-refractivity contribution in [1.29, 1.82) is 0 Å². The van der Waals surface area contributed by atoms with Crippen molar-refractivity contribution in [2.45, 2.75) is 32.4 Å². The Morgan fingerprint density at radius 3 is 2.81 bits per heavy atom. The van der Waals surface area contributed by atoms with Gasteiger partial charge in [-0.25, -0.2) is 0 Å². The summed E-state index contributed by atoms with van der Waals surface area (Å²) in [6.07, 6.45) is 1.02. The molecule has 5 nitrogen and oxygen atoms in total. The maximum atomic E-state index is 11.9. The van der Waals surface area contributed by atoms with E-state index in [-0.39, 0.29) is 30.3 Å². The van der Waals surface area contributed by atoms with Crippen LogP contribution in [0, 0.1) is 0 Å². The first-order valence-electron chi connectivity index (χ1n) is 6.94. The molecule has 1 aliphatic heterocycles. The fourth-order valence-electron chi connectivity index (χ4n) is 2.50. The molecular weight excluding hydrogens is 290 g/mol. The molecule has 0 bridgehead atoms. The van der Waals surface area contributed by atoms with Crippen molar-refractivity contribution >= 4 is 24.2 Å². The Morgan fingerprint density at radius 1 is 1.38 bits per heavy atom. The predicted molar refractivity (Wildman–Crippen MR) is 84.4 cm³/mol. The van der Waals surface area contributed by atoms with Gasteiger partial charge in [-0.15, -0.1) is 12.4 Å². The largest absolute Gasteiger partial charge is 0.352 e. The van der Waals surface area contributed by atoms with Gasteiger partial charge in [-0.1, -0.05) is 24.3 Å². The highest BCUT2D eigenvalue weighted by Gasteiger charge is 2.21. The molecule has 116 valence electrons. The van der Waals surface area contributed by atoms with E-state index in [1.165, 1.54) is 18.1 Å². The van der Waals surface area contributed by atoms with E-state index in [1.54, 1.807) is 6.92 Å². The number of fused-ring (bicyclic) bond motifs is 1. The van der Waals surface area contributed by atoms with Gasteiger partial charge in [-0.3, -0.25) is 9.59 Å². The van der Waals surface area contributed by atoms with Gasteiger partial charge in [0.1, 0.15) is 6.04 Å². The first-order valence-corrected chi connectivity index (χ1v) is 6.94. The van der Waals surface area contributed by atoms with E-state index in [1.807, 2.05) is 12.1 Å². The van der Waals surface area contributed by atoms with Gasteiger partial charge in [0.2, 0.25) is 11.8 Å². The molecule has 6 heteroatoms. The topological polar surface area (TPSA) is 70.2 Å². The summed E-state index contributed by atoms with van der Waals surface area (Å²) in [5, 5.41) is 8.87. The average Bonchev–Trinajstić information content (AvgIpc) is 2.44. The number of carbonyl (C=O) groups excluding carboxylic acids is 2. The van der Waals surface area contributed by atoms with E-state index in [0.29, 0.717) is 6.54 Å². The van der Waals surface area contributed by atoms with Crippen molar-refractivity contribution in [3.8, 4) is 0 Å². The maximum absolute atomic E-state index is 11.9. The lowest BCUT2D eigenvalue weighted by atomic mass is 9.94. The molecule has 21 heavy (non-hydrogen) atoms. The fourth-order valence-corrected chi connectivity index (χ4v) is 2.50. The van der Waals surface area contributed by atoms with Crippen LogP contribution in [0.15, 0.2) is 24.3 Å². The molecule has 0 spiro atoms. The van der Waals surface area contributed by atoms with Crippen molar-refractivity contribution < 1.29 is 9.59 Å². The van der Waals surface area contributed by atoms with E-state index in [0.717, 1.165) is 13.0 Å². The zero-order valence-corrected chi connectivity index (χ0v) is 13.1. The van der Waals surface area contributed by atoms with Crippen LogP contribution >= 0.6 is 12.4 Å². The molecular formula is C15H22ClN3O2. The summed E-state index contributed by atoms with van der Waals surface area (Å²) >= 11 is 0. The molecule has 0 aliphatic carbocycles. The summed E-state index contributed by atoms with van der Waals surface area (Å²) in [6, 6.07) is 7.90. The minimum atomic E-state index is -0.508. The summed E-state index contributed by atoms with van der Waals surface area (Å²) in [6.45, 7) is 4.53. The minimum Gasteiger partial charge on any atom is -0.352 e. The number of hydrogen-bond acceptors (Lipinski definition) is 3. The molecule has 0 saturated carbocycles. The zero-order valence-electron chi connectivity index (χ0n) is 12.3. The van der Waals surface area contributed by atoms with E-state index in [4.69, 9.17) is 0 Å². The van der Waals surface area contributed by atoms with Crippen LogP contribution in [0.5, 0.6) is 0 Å². The van der Waals surface area contributed by atoms with E-state index >= 15 is 0 Å². The molecule has 1 aromatic carbocycles. The lowest BCUT2D eigenvalue weighted by molar-refractivity contribution is -0.127. The van der Waals surface area contributed by atoms with Crippen molar-refractivity contribution in [2.75, 3.05) is 13.1 Å². The maximum Gasteiger partial charge on any atom is 0.242 e. The molecule has 0 fully saturated rings. The SMILES string of the molecule is CC(=O)NC(C)C(=O)NCC1NCCc2ccccc21.Cl. The second kappa shape index (κ2) is 8.00. The van der Waals surface area contributed by atoms with Crippen LogP contribution in [0.1, 0.15) is 31.0 Å². The van der Waals surface area contributed by atoms with Gasteiger partial charge in [0.15, 0.2) is 0 Å². The molecule has 1 heterocycles. The minimum absolute atomic E-state index is 0. The van der Waals surface area contributed by atoms with E-state index in [2.05, 4.69) is 28.1 Å². The standard InChI is InChI=1S/C15H21N3O2.ClH/c1-10(18-11(2)19)15(20)17-9-14-13-6-4-3-5-12(13)7-8-16-14;/h3-6,10,14,16H,7-9H2,1-2H3,(H,17,20)(H,18,19);1H.